The molecule has 0 saturated heterocycles. The van der Waals surface area contributed by atoms with Gasteiger partial charge in [-0.2, -0.15) is 5.10 Å². The van der Waals surface area contributed by atoms with Crippen LogP contribution in [0.3, 0.4) is 0 Å². The molecule has 1 amide bonds. The molecule has 2 heterocycles. The molecule has 1 aliphatic carbocycles. The highest BCUT2D eigenvalue weighted by Crippen LogP contribution is 2.29. The average Bonchev–Trinajstić information content (AvgIpc) is 3.17. The summed E-state index contributed by atoms with van der Waals surface area (Å²) in [6.07, 6.45) is 6.02. The van der Waals surface area contributed by atoms with E-state index in [1.807, 2.05) is 12.1 Å². The molecule has 1 aromatic carbocycles. The van der Waals surface area contributed by atoms with Crippen LogP contribution in [0.2, 0.25) is 0 Å². The highest BCUT2D eigenvalue weighted by Gasteiger charge is 2.22. The quantitative estimate of drug-likeness (QED) is 0.796. The molecule has 7 heteroatoms. The summed E-state index contributed by atoms with van der Waals surface area (Å²) < 4.78 is 1.49. The number of carbonyl (C=O) groups excluding carboxylic acids is 1. The Labute approximate surface area is 138 Å². The zero-order valence-electron chi connectivity index (χ0n) is 13.0. The van der Waals surface area contributed by atoms with E-state index in [4.69, 9.17) is 0 Å². The number of carbonyl (C=O) groups is 1. The van der Waals surface area contributed by atoms with Gasteiger partial charge in [0.15, 0.2) is 11.5 Å². The standard InChI is InChI=1S/C17H16N6O/c24-17(15-8-9-16(22-21-15)23-11-18-10-19-23)20-14-7-3-5-12-4-1-2-6-13(12)14/h1-2,4,6,8-11,14H,3,5,7H2,(H,20,24)/t14-/m0/s1. The normalized spacial score (nSPS) is 16.4. The van der Waals surface area contributed by atoms with Crippen LogP contribution < -0.4 is 5.32 Å². The third-order valence-electron chi connectivity index (χ3n) is 4.21. The molecule has 0 radical (unpaired) electrons. The third-order valence-corrected chi connectivity index (χ3v) is 4.21. The van der Waals surface area contributed by atoms with Gasteiger partial charge in [0.05, 0.1) is 6.04 Å². The predicted octanol–water partition coefficient (Wildman–Crippen LogP) is 1.86. The summed E-state index contributed by atoms with van der Waals surface area (Å²) >= 11 is 0. The van der Waals surface area contributed by atoms with Gasteiger partial charge in [-0.1, -0.05) is 24.3 Å². The summed E-state index contributed by atoms with van der Waals surface area (Å²) in [7, 11) is 0. The number of aromatic nitrogens is 5. The minimum atomic E-state index is -0.214. The fourth-order valence-electron chi connectivity index (χ4n) is 3.03. The molecule has 7 nitrogen and oxygen atoms in total. The van der Waals surface area contributed by atoms with Gasteiger partial charge in [0.1, 0.15) is 12.7 Å². The number of fused-ring (bicyclic) bond motifs is 1. The smallest absolute Gasteiger partial charge is 0.272 e. The highest BCUT2D eigenvalue weighted by molar-refractivity contribution is 5.92. The van der Waals surface area contributed by atoms with Crippen LogP contribution in [0.25, 0.3) is 5.82 Å². The molecule has 0 fully saturated rings. The summed E-state index contributed by atoms with van der Waals surface area (Å²) in [5, 5.41) is 15.1. The summed E-state index contributed by atoms with van der Waals surface area (Å²) in [4.78, 5) is 16.3. The van der Waals surface area contributed by atoms with Gasteiger partial charge in [-0.3, -0.25) is 4.79 Å². The van der Waals surface area contributed by atoms with Crippen LogP contribution in [0.5, 0.6) is 0 Å². The molecular weight excluding hydrogens is 304 g/mol. The summed E-state index contributed by atoms with van der Waals surface area (Å²) in [6, 6.07) is 11.6. The number of aryl methyl sites for hydroxylation is 1. The molecule has 0 unspecified atom stereocenters. The molecule has 0 saturated carbocycles. The van der Waals surface area contributed by atoms with Crippen molar-refractivity contribution in [3.8, 4) is 5.82 Å². The second-order valence-electron chi connectivity index (χ2n) is 5.73. The molecule has 1 N–H and O–H groups in total. The minimum Gasteiger partial charge on any atom is -0.344 e. The molecule has 2 aromatic heterocycles. The van der Waals surface area contributed by atoms with Crippen LogP contribution in [-0.2, 0) is 6.42 Å². The topological polar surface area (TPSA) is 85.6 Å². The average molecular weight is 320 g/mol. The van der Waals surface area contributed by atoms with Crippen molar-refractivity contribution in [1.29, 1.82) is 0 Å². The fourth-order valence-corrected chi connectivity index (χ4v) is 3.03. The van der Waals surface area contributed by atoms with Gasteiger partial charge in [-0.15, -0.1) is 10.2 Å². The van der Waals surface area contributed by atoms with Crippen LogP contribution in [0.1, 0.15) is 40.5 Å². The number of rotatable bonds is 3. The lowest BCUT2D eigenvalue weighted by molar-refractivity contribution is 0.0926. The number of hydrogen-bond acceptors (Lipinski definition) is 5. The first-order valence-electron chi connectivity index (χ1n) is 7.88. The Balaban J connectivity index is 1.51. The van der Waals surface area contributed by atoms with Crippen LogP contribution in [0.4, 0.5) is 0 Å². The molecule has 3 aromatic rings. The number of nitrogens with zero attached hydrogens (tertiary/aromatic N) is 5. The minimum absolute atomic E-state index is 0.0271. The van der Waals surface area contributed by atoms with Crippen molar-refractivity contribution in [2.24, 2.45) is 0 Å². The molecule has 24 heavy (non-hydrogen) atoms. The van der Waals surface area contributed by atoms with E-state index in [9.17, 15) is 4.79 Å². The summed E-state index contributed by atoms with van der Waals surface area (Å²) in [5.74, 6) is 0.307. The van der Waals surface area contributed by atoms with E-state index in [1.165, 1.54) is 28.5 Å². The first kappa shape index (κ1) is 14.5. The summed E-state index contributed by atoms with van der Waals surface area (Å²) in [5.41, 5.74) is 2.80. The molecule has 0 bridgehead atoms. The van der Waals surface area contributed by atoms with Crippen molar-refractivity contribution in [2.45, 2.75) is 25.3 Å². The molecule has 0 aliphatic heterocycles. The lowest BCUT2D eigenvalue weighted by Crippen LogP contribution is -2.31. The molecule has 120 valence electrons. The van der Waals surface area contributed by atoms with Gasteiger partial charge in [0.25, 0.3) is 5.91 Å². The molecular formula is C17H16N6O. The van der Waals surface area contributed by atoms with E-state index >= 15 is 0 Å². The Kier molecular flexibility index (Phi) is 3.74. The third kappa shape index (κ3) is 2.76. The summed E-state index contributed by atoms with van der Waals surface area (Å²) in [6.45, 7) is 0. The molecule has 0 spiro atoms. The second kappa shape index (κ2) is 6.19. The van der Waals surface area contributed by atoms with Crippen LogP contribution in [0.15, 0.2) is 49.1 Å². The maximum absolute atomic E-state index is 12.5. The Morgan fingerprint density at radius 2 is 2.08 bits per heavy atom. The molecule has 4 rings (SSSR count). The highest BCUT2D eigenvalue weighted by atomic mass is 16.2. The van der Waals surface area contributed by atoms with Gasteiger partial charge in [-0.25, -0.2) is 9.67 Å². The van der Waals surface area contributed by atoms with E-state index < -0.39 is 0 Å². The Bertz CT molecular complexity index is 844. The van der Waals surface area contributed by atoms with Gasteiger partial charge < -0.3 is 5.32 Å². The van der Waals surface area contributed by atoms with Gasteiger partial charge in [0, 0.05) is 0 Å². The zero-order chi connectivity index (χ0) is 16.4. The largest absolute Gasteiger partial charge is 0.344 e. The predicted molar refractivity (Wildman–Crippen MR) is 86.5 cm³/mol. The van der Waals surface area contributed by atoms with Crippen molar-refractivity contribution >= 4 is 5.91 Å². The maximum Gasteiger partial charge on any atom is 0.272 e. The van der Waals surface area contributed by atoms with E-state index in [-0.39, 0.29) is 11.9 Å². The number of hydrogen-bond donors (Lipinski definition) is 1. The van der Waals surface area contributed by atoms with Crippen molar-refractivity contribution in [1.82, 2.24) is 30.3 Å². The lowest BCUT2D eigenvalue weighted by Gasteiger charge is -2.26. The zero-order valence-corrected chi connectivity index (χ0v) is 13.0. The Morgan fingerprint density at radius 3 is 2.88 bits per heavy atom. The number of amides is 1. The van der Waals surface area contributed by atoms with E-state index in [0.29, 0.717) is 11.5 Å². The van der Waals surface area contributed by atoms with Crippen LogP contribution >= 0.6 is 0 Å². The monoisotopic (exact) mass is 320 g/mol. The van der Waals surface area contributed by atoms with Crippen molar-refractivity contribution < 1.29 is 4.79 Å². The number of benzene rings is 1. The van der Waals surface area contributed by atoms with Crippen LogP contribution in [0, 0.1) is 0 Å². The van der Waals surface area contributed by atoms with Crippen molar-refractivity contribution in [3.05, 3.63) is 65.9 Å². The van der Waals surface area contributed by atoms with Crippen molar-refractivity contribution in [2.75, 3.05) is 0 Å². The lowest BCUT2D eigenvalue weighted by atomic mass is 9.87. The molecule has 1 atom stereocenters. The number of nitrogens with one attached hydrogen (secondary N) is 1. The Hall–Kier alpha value is -3.09. The van der Waals surface area contributed by atoms with Crippen LogP contribution in [-0.4, -0.2) is 30.9 Å². The van der Waals surface area contributed by atoms with Gasteiger partial charge in [0.2, 0.25) is 0 Å². The van der Waals surface area contributed by atoms with Crippen molar-refractivity contribution in [3.63, 3.8) is 0 Å². The second-order valence-corrected chi connectivity index (χ2v) is 5.73. The maximum atomic E-state index is 12.5. The molecule has 1 aliphatic rings. The van der Waals surface area contributed by atoms with E-state index in [0.717, 1.165) is 19.3 Å². The first-order chi connectivity index (χ1) is 11.8. The van der Waals surface area contributed by atoms with Gasteiger partial charge >= 0.3 is 0 Å². The van der Waals surface area contributed by atoms with E-state index in [1.54, 1.807) is 12.1 Å². The fraction of sp³-hybridized carbons (Fsp3) is 0.235. The first-order valence-corrected chi connectivity index (χ1v) is 7.88. The van der Waals surface area contributed by atoms with E-state index in [2.05, 4.69) is 37.7 Å². The SMILES string of the molecule is O=C(N[C@H]1CCCc2ccccc21)c1ccc(-n2cncn2)nn1. The van der Waals surface area contributed by atoms with Gasteiger partial charge in [-0.05, 0) is 42.5 Å². The Morgan fingerprint density at radius 1 is 1.17 bits per heavy atom.